The zero-order chi connectivity index (χ0) is 15.4. The van der Waals surface area contributed by atoms with Crippen LogP contribution in [-0.4, -0.2) is 30.6 Å². The molecule has 1 aromatic rings. The minimum atomic E-state index is 0.0174. The van der Waals surface area contributed by atoms with Gasteiger partial charge in [-0.25, -0.2) is 4.79 Å². The summed E-state index contributed by atoms with van der Waals surface area (Å²) in [6.07, 6.45) is 9.51. The molecule has 0 saturated carbocycles. The maximum Gasteiger partial charge on any atom is 0.318 e. The normalized spacial score (nSPS) is 24.7. The first-order chi connectivity index (χ1) is 10.8. The summed E-state index contributed by atoms with van der Waals surface area (Å²) >= 11 is 0. The molecule has 5 nitrogen and oxygen atoms in total. The summed E-state index contributed by atoms with van der Waals surface area (Å²) < 4.78 is 10.9. The SMILES string of the molecule is COCc1ccc([C@@H]2CCCN2C(=O)N[C@@H]2C=CCCC2)o1. The summed E-state index contributed by atoms with van der Waals surface area (Å²) in [5.74, 6) is 1.67. The molecule has 0 aromatic carbocycles. The van der Waals surface area contributed by atoms with E-state index in [9.17, 15) is 4.79 Å². The number of likely N-dealkylation sites (tertiary alicyclic amines) is 1. The maximum absolute atomic E-state index is 12.5. The Labute approximate surface area is 131 Å². The van der Waals surface area contributed by atoms with Crippen LogP contribution in [0.15, 0.2) is 28.7 Å². The molecule has 1 aliphatic carbocycles. The van der Waals surface area contributed by atoms with Crippen molar-refractivity contribution in [3.63, 3.8) is 0 Å². The molecule has 0 radical (unpaired) electrons. The summed E-state index contributed by atoms with van der Waals surface area (Å²) in [5.41, 5.74) is 0. The number of carbonyl (C=O) groups is 1. The number of rotatable bonds is 4. The summed E-state index contributed by atoms with van der Waals surface area (Å²) in [7, 11) is 1.65. The third-order valence-corrected chi connectivity index (χ3v) is 4.37. The van der Waals surface area contributed by atoms with Crippen molar-refractivity contribution in [3.8, 4) is 0 Å². The van der Waals surface area contributed by atoms with Gasteiger partial charge in [0.25, 0.3) is 0 Å². The lowest BCUT2D eigenvalue weighted by molar-refractivity contribution is 0.155. The van der Waals surface area contributed by atoms with E-state index >= 15 is 0 Å². The van der Waals surface area contributed by atoms with Gasteiger partial charge in [-0.3, -0.25) is 0 Å². The molecule has 1 N–H and O–H groups in total. The van der Waals surface area contributed by atoms with E-state index in [0.29, 0.717) is 6.61 Å². The van der Waals surface area contributed by atoms with Crippen molar-refractivity contribution in [2.24, 2.45) is 0 Å². The fourth-order valence-electron chi connectivity index (χ4n) is 3.27. The molecular weight excluding hydrogens is 280 g/mol. The Hall–Kier alpha value is -1.75. The van der Waals surface area contributed by atoms with Gasteiger partial charge in [-0.2, -0.15) is 0 Å². The molecule has 2 heterocycles. The average molecular weight is 304 g/mol. The highest BCUT2D eigenvalue weighted by atomic mass is 16.5. The molecule has 2 atom stereocenters. The number of nitrogens with zero attached hydrogens (tertiary/aromatic N) is 1. The smallest absolute Gasteiger partial charge is 0.318 e. The van der Waals surface area contributed by atoms with Crippen molar-refractivity contribution in [1.82, 2.24) is 10.2 Å². The molecule has 0 spiro atoms. The number of hydrogen-bond donors (Lipinski definition) is 1. The number of carbonyl (C=O) groups excluding carboxylic acids is 1. The van der Waals surface area contributed by atoms with E-state index in [-0.39, 0.29) is 18.1 Å². The van der Waals surface area contributed by atoms with Gasteiger partial charge < -0.3 is 19.4 Å². The maximum atomic E-state index is 12.5. The lowest BCUT2D eigenvalue weighted by Gasteiger charge is -2.26. The van der Waals surface area contributed by atoms with Gasteiger partial charge in [-0.1, -0.05) is 12.2 Å². The Kier molecular flexibility index (Phi) is 4.83. The number of furan rings is 1. The number of nitrogens with one attached hydrogen (secondary N) is 1. The predicted molar refractivity (Wildman–Crippen MR) is 83.4 cm³/mol. The summed E-state index contributed by atoms with van der Waals surface area (Å²) in [6.45, 7) is 1.25. The van der Waals surface area contributed by atoms with Crippen LogP contribution < -0.4 is 5.32 Å². The van der Waals surface area contributed by atoms with Gasteiger partial charge in [0, 0.05) is 19.7 Å². The molecule has 1 aromatic heterocycles. The van der Waals surface area contributed by atoms with E-state index in [0.717, 1.165) is 50.2 Å². The molecular formula is C17H24N2O3. The summed E-state index contributed by atoms with van der Waals surface area (Å²) in [5, 5.41) is 3.13. The Morgan fingerprint density at radius 3 is 3.09 bits per heavy atom. The number of methoxy groups -OCH3 is 1. The largest absolute Gasteiger partial charge is 0.461 e. The van der Waals surface area contributed by atoms with Crippen LogP contribution in [0.2, 0.25) is 0 Å². The van der Waals surface area contributed by atoms with Crippen LogP contribution in [0.25, 0.3) is 0 Å². The highest BCUT2D eigenvalue weighted by Crippen LogP contribution is 2.33. The van der Waals surface area contributed by atoms with Crippen LogP contribution >= 0.6 is 0 Å². The quantitative estimate of drug-likeness (QED) is 0.868. The first-order valence-corrected chi connectivity index (χ1v) is 8.09. The topological polar surface area (TPSA) is 54.7 Å². The van der Waals surface area contributed by atoms with Gasteiger partial charge in [0.05, 0.1) is 6.04 Å². The van der Waals surface area contributed by atoms with Crippen molar-refractivity contribution in [2.75, 3.05) is 13.7 Å². The second kappa shape index (κ2) is 7.01. The minimum Gasteiger partial charge on any atom is -0.461 e. The molecule has 0 unspecified atom stereocenters. The van der Waals surface area contributed by atoms with Gasteiger partial charge >= 0.3 is 6.03 Å². The fourth-order valence-corrected chi connectivity index (χ4v) is 3.27. The minimum absolute atomic E-state index is 0.0174. The zero-order valence-corrected chi connectivity index (χ0v) is 13.1. The molecule has 1 fully saturated rings. The third-order valence-electron chi connectivity index (χ3n) is 4.37. The Morgan fingerprint density at radius 2 is 2.32 bits per heavy atom. The first-order valence-electron chi connectivity index (χ1n) is 8.09. The second-order valence-electron chi connectivity index (χ2n) is 6.00. The van der Waals surface area contributed by atoms with Gasteiger partial charge in [0.1, 0.15) is 18.1 Å². The van der Waals surface area contributed by atoms with Crippen molar-refractivity contribution >= 4 is 6.03 Å². The van der Waals surface area contributed by atoms with E-state index in [1.54, 1.807) is 7.11 Å². The standard InChI is InChI=1S/C17H24N2O3/c1-21-12-14-9-10-16(22-14)15-8-5-11-19(15)17(20)18-13-6-3-2-4-7-13/h3,6,9-10,13,15H,2,4-5,7-8,11-12H2,1H3,(H,18,20)/t13-,15+/m1/s1. The van der Waals surface area contributed by atoms with Crippen LogP contribution in [0.4, 0.5) is 4.79 Å². The van der Waals surface area contributed by atoms with Crippen molar-refractivity contribution < 1.29 is 13.9 Å². The van der Waals surface area contributed by atoms with Crippen LogP contribution in [0.3, 0.4) is 0 Å². The molecule has 1 saturated heterocycles. The number of urea groups is 1. The van der Waals surface area contributed by atoms with E-state index in [1.807, 2.05) is 17.0 Å². The van der Waals surface area contributed by atoms with Crippen LogP contribution in [0.1, 0.15) is 49.7 Å². The van der Waals surface area contributed by atoms with E-state index in [1.165, 1.54) is 0 Å². The summed E-state index contributed by atoms with van der Waals surface area (Å²) in [6, 6.07) is 4.12. The third kappa shape index (κ3) is 3.35. The molecule has 2 aliphatic rings. The van der Waals surface area contributed by atoms with Gasteiger partial charge in [0.2, 0.25) is 0 Å². The van der Waals surface area contributed by atoms with E-state index < -0.39 is 0 Å². The van der Waals surface area contributed by atoms with Crippen LogP contribution in [-0.2, 0) is 11.3 Å². The fraction of sp³-hybridized carbons (Fsp3) is 0.588. The number of amides is 2. The Morgan fingerprint density at radius 1 is 1.41 bits per heavy atom. The van der Waals surface area contributed by atoms with Crippen molar-refractivity contribution in [3.05, 3.63) is 35.8 Å². The predicted octanol–water partition coefficient (Wildman–Crippen LogP) is 3.38. The first kappa shape index (κ1) is 15.2. The zero-order valence-electron chi connectivity index (χ0n) is 13.1. The molecule has 1 aliphatic heterocycles. The van der Waals surface area contributed by atoms with Gasteiger partial charge in [-0.05, 0) is 44.2 Å². The molecule has 22 heavy (non-hydrogen) atoms. The molecule has 2 amide bonds. The number of hydrogen-bond acceptors (Lipinski definition) is 3. The Balaban J connectivity index is 1.65. The van der Waals surface area contributed by atoms with Gasteiger partial charge in [-0.15, -0.1) is 0 Å². The number of ether oxygens (including phenoxy) is 1. The molecule has 0 bridgehead atoms. The van der Waals surface area contributed by atoms with E-state index in [4.69, 9.17) is 9.15 Å². The number of allylic oxidation sites excluding steroid dienone is 1. The highest BCUT2D eigenvalue weighted by molar-refractivity contribution is 5.75. The summed E-state index contributed by atoms with van der Waals surface area (Å²) in [4.78, 5) is 14.4. The highest BCUT2D eigenvalue weighted by Gasteiger charge is 2.32. The second-order valence-corrected chi connectivity index (χ2v) is 6.00. The van der Waals surface area contributed by atoms with Crippen molar-refractivity contribution in [1.29, 1.82) is 0 Å². The van der Waals surface area contributed by atoms with Gasteiger partial charge in [0.15, 0.2) is 0 Å². The molecule has 3 rings (SSSR count). The lowest BCUT2D eigenvalue weighted by atomic mass is 10.0. The van der Waals surface area contributed by atoms with E-state index in [2.05, 4.69) is 17.5 Å². The van der Waals surface area contributed by atoms with Crippen molar-refractivity contribution in [2.45, 2.75) is 50.8 Å². The van der Waals surface area contributed by atoms with Crippen LogP contribution in [0.5, 0.6) is 0 Å². The molecule has 5 heteroatoms. The lowest BCUT2D eigenvalue weighted by Crippen LogP contribution is -2.44. The molecule has 120 valence electrons. The Bertz CT molecular complexity index is 538. The van der Waals surface area contributed by atoms with Crippen LogP contribution in [0, 0.1) is 0 Å². The monoisotopic (exact) mass is 304 g/mol. The average Bonchev–Trinajstić information content (AvgIpc) is 3.17.